The van der Waals surface area contributed by atoms with Gasteiger partial charge in [0.25, 0.3) is 11.5 Å². The quantitative estimate of drug-likeness (QED) is 0.211. The zero-order valence-electron chi connectivity index (χ0n) is 19.7. The number of H-pyrrole nitrogens is 1. The minimum Gasteiger partial charge on any atom is -0.399 e. The number of nitrogens with two attached hydrogens (primary N) is 1. The number of carbonyl (C=O) groups is 1. The van der Waals surface area contributed by atoms with Gasteiger partial charge in [-0.1, -0.05) is 24.3 Å². The molecule has 0 aliphatic rings. The van der Waals surface area contributed by atoms with Crippen molar-refractivity contribution in [2.45, 2.75) is 26.4 Å². The van der Waals surface area contributed by atoms with Crippen LogP contribution in [-0.4, -0.2) is 26.1 Å². The highest BCUT2D eigenvalue weighted by atomic mass is 127. The summed E-state index contributed by atoms with van der Waals surface area (Å²) < 4.78 is 3.82. The minimum atomic E-state index is -0.612. The Morgan fingerprint density at radius 1 is 1.03 bits per heavy atom. The average molecular weight is 593 g/mol. The molecule has 0 saturated heterocycles. The molecule has 4 N–H and O–H groups in total. The lowest BCUT2D eigenvalue weighted by atomic mass is 10.2. The molecular weight excluding hydrogens is 569 g/mol. The number of hydrogen-bond donors (Lipinski definition) is 3. The fourth-order valence-electron chi connectivity index (χ4n) is 4.50. The third-order valence-electron chi connectivity index (χ3n) is 5.95. The summed E-state index contributed by atoms with van der Waals surface area (Å²) in [4.78, 5) is 43.5. The molecule has 0 bridgehead atoms. The third-order valence-corrected chi connectivity index (χ3v) is 6.63. The van der Waals surface area contributed by atoms with Crippen LogP contribution in [0.2, 0.25) is 0 Å². The van der Waals surface area contributed by atoms with E-state index in [1.165, 1.54) is 0 Å². The predicted octanol–water partition coefficient (Wildman–Crippen LogP) is 4.01. The molecule has 8 nitrogen and oxygen atoms in total. The summed E-state index contributed by atoms with van der Waals surface area (Å²) in [7, 11) is 0. The lowest BCUT2D eigenvalue weighted by molar-refractivity contribution is 0.0934. The molecule has 5 aromatic rings. The van der Waals surface area contributed by atoms with Gasteiger partial charge in [0.2, 0.25) is 0 Å². The van der Waals surface area contributed by atoms with Gasteiger partial charge in [-0.15, -0.1) is 0 Å². The van der Waals surface area contributed by atoms with Gasteiger partial charge in [0, 0.05) is 27.2 Å². The lowest BCUT2D eigenvalue weighted by Crippen LogP contribution is -2.37. The van der Waals surface area contributed by atoms with E-state index in [0.29, 0.717) is 28.5 Å². The molecule has 2 aromatic heterocycles. The number of benzene rings is 3. The molecule has 182 valence electrons. The number of anilines is 1. The molecule has 9 heteroatoms. The van der Waals surface area contributed by atoms with Crippen molar-refractivity contribution < 1.29 is 4.79 Å². The Labute approximate surface area is 219 Å². The maximum absolute atomic E-state index is 13.7. The standard InChI is InChI=1S/C27H24IN5O3/c1-15(2)30-25(34)24-23(33-26(35)19-8-3-4-9-21(19)31-27(33)36)20-13-17(28)10-11-22(20)32(24)14-16-6-5-7-18(29)12-16/h3-13,15H,14,29H2,1-2H3,(H,30,34)(H,31,36). The average Bonchev–Trinajstić information content (AvgIpc) is 3.11. The van der Waals surface area contributed by atoms with Crippen molar-refractivity contribution in [1.29, 1.82) is 0 Å². The number of fused-ring (bicyclic) bond motifs is 2. The molecule has 0 unspecified atom stereocenters. The van der Waals surface area contributed by atoms with Crippen LogP contribution in [0.4, 0.5) is 5.69 Å². The van der Waals surface area contributed by atoms with Crippen molar-refractivity contribution in [2.24, 2.45) is 0 Å². The largest absolute Gasteiger partial charge is 0.399 e. The second-order valence-electron chi connectivity index (χ2n) is 8.93. The SMILES string of the molecule is CC(C)NC(=O)c1c(-n2c(=O)[nH]c3ccccc3c2=O)c2cc(I)ccc2n1Cc1cccc(N)c1. The monoisotopic (exact) mass is 593 g/mol. The van der Waals surface area contributed by atoms with E-state index in [-0.39, 0.29) is 23.3 Å². The lowest BCUT2D eigenvalue weighted by Gasteiger charge is -2.15. The number of carbonyl (C=O) groups excluding carboxylic acids is 1. The Hall–Kier alpha value is -3.86. The van der Waals surface area contributed by atoms with Gasteiger partial charge >= 0.3 is 5.69 Å². The number of nitrogens with zero attached hydrogens (tertiary/aromatic N) is 2. The number of rotatable bonds is 5. The van der Waals surface area contributed by atoms with Crippen LogP contribution in [0, 0.1) is 3.57 Å². The minimum absolute atomic E-state index is 0.157. The van der Waals surface area contributed by atoms with Crippen LogP contribution in [0.25, 0.3) is 27.5 Å². The maximum Gasteiger partial charge on any atom is 0.333 e. The molecule has 36 heavy (non-hydrogen) atoms. The van der Waals surface area contributed by atoms with E-state index in [9.17, 15) is 14.4 Å². The van der Waals surface area contributed by atoms with E-state index in [0.717, 1.165) is 19.2 Å². The molecule has 2 heterocycles. The fraction of sp³-hybridized carbons (Fsp3) is 0.148. The Morgan fingerprint density at radius 2 is 1.81 bits per heavy atom. The Bertz CT molecular complexity index is 1760. The van der Waals surface area contributed by atoms with Crippen molar-refractivity contribution in [3.8, 4) is 5.69 Å². The highest BCUT2D eigenvalue weighted by Gasteiger charge is 2.27. The maximum atomic E-state index is 13.7. The first-order valence-corrected chi connectivity index (χ1v) is 12.5. The highest BCUT2D eigenvalue weighted by molar-refractivity contribution is 14.1. The van der Waals surface area contributed by atoms with Crippen LogP contribution in [0.3, 0.4) is 0 Å². The molecule has 0 saturated carbocycles. The van der Waals surface area contributed by atoms with Crippen LogP contribution in [0.5, 0.6) is 0 Å². The Kier molecular flexibility index (Phi) is 6.17. The van der Waals surface area contributed by atoms with Crippen LogP contribution in [0.1, 0.15) is 29.9 Å². The van der Waals surface area contributed by atoms with Crippen LogP contribution in [0.15, 0.2) is 76.3 Å². The molecular formula is C27H24IN5O3. The van der Waals surface area contributed by atoms with Crippen molar-refractivity contribution >= 4 is 56.0 Å². The summed E-state index contributed by atoms with van der Waals surface area (Å²) in [5.74, 6) is -0.380. The number of amides is 1. The van der Waals surface area contributed by atoms with E-state index in [1.807, 2.05) is 54.8 Å². The fourth-order valence-corrected chi connectivity index (χ4v) is 4.99. The van der Waals surface area contributed by atoms with Crippen molar-refractivity contribution in [2.75, 3.05) is 5.73 Å². The number of aromatic nitrogens is 3. The second kappa shape index (κ2) is 9.30. The summed E-state index contributed by atoms with van der Waals surface area (Å²) in [6, 6.07) is 19.8. The zero-order valence-corrected chi connectivity index (χ0v) is 21.9. The van der Waals surface area contributed by atoms with E-state index in [1.54, 1.807) is 30.3 Å². The Morgan fingerprint density at radius 3 is 2.56 bits per heavy atom. The molecule has 1 amide bonds. The van der Waals surface area contributed by atoms with Gasteiger partial charge in [-0.2, -0.15) is 0 Å². The van der Waals surface area contributed by atoms with Gasteiger partial charge in [0.1, 0.15) is 5.69 Å². The van der Waals surface area contributed by atoms with Crippen molar-refractivity contribution in [1.82, 2.24) is 19.4 Å². The first-order chi connectivity index (χ1) is 17.2. The molecule has 0 fully saturated rings. The zero-order chi connectivity index (χ0) is 25.6. The Balaban J connectivity index is 1.91. The van der Waals surface area contributed by atoms with Crippen molar-refractivity contribution in [3.63, 3.8) is 0 Å². The second-order valence-corrected chi connectivity index (χ2v) is 10.2. The van der Waals surface area contributed by atoms with E-state index < -0.39 is 11.2 Å². The summed E-state index contributed by atoms with van der Waals surface area (Å²) in [5, 5.41) is 3.93. The number of hydrogen-bond acceptors (Lipinski definition) is 4. The van der Waals surface area contributed by atoms with Gasteiger partial charge in [-0.25, -0.2) is 9.36 Å². The molecule has 0 atom stereocenters. The number of aromatic amines is 1. The van der Waals surface area contributed by atoms with Gasteiger partial charge in [-0.3, -0.25) is 9.59 Å². The molecule has 0 spiro atoms. The normalized spacial score (nSPS) is 11.4. The van der Waals surface area contributed by atoms with Gasteiger partial charge < -0.3 is 20.6 Å². The summed E-state index contributed by atoms with van der Waals surface area (Å²) in [6.07, 6.45) is 0. The topological polar surface area (TPSA) is 115 Å². The summed E-state index contributed by atoms with van der Waals surface area (Å²) in [5.41, 5.74) is 8.05. The van der Waals surface area contributed by atoms with Crippen molar-refractivity contribution in [3.05, 3.63) is 102 Å². The molecule has 5 rings (SSSR count). The van der Waals surface area contributed by atoms with E-state index in [2.05, 4.69) is 32.9 Å². The third kappa shape index (κ3) is 4.19. The summed E-state index contributed by atoms with van der Waals surface area (Å²) in [6.45, 7) is 4.05. The van der Waals surface area contributed by atoms with Crippen LogP contribution in [-0.2, 0) is 6.54 Å². The number of halogens is 1. The van der Waals surface area contributed by atoms with E-state index in [4.69, 9.17) is 5.73 Å². The molecule has 0 radical (unpaired) electrons. The van der Waals surface area contributed by atoms with Crippen LogP contribution < -0.4 is 22.3 Å². The van der Waals surface area contributed by atoms with Gasteiger partial charge in [0.15, 0.2) is 0 Å². The van der Waals surface area contributed by atoms with Crippen LogP contribution >= 0.6 is 22.6 Å². The number of nitrogen functional groups attached to an aromatic ring is 1. The van der Waals surface area contributed by atoms with Gasteiger partial charge in [-0.05, 0) is 84.5 Å². The molecule has 3 aromatic carbocycles. The smallest absolute Gasteiger partial charge is 0.333 e. The summed E-state index contributed by atoms with van der Waals surface area (Å²) >= 11 is 2.18. The first-order valence-electron chi connectivity index (χ1n) is 11.5. The number of para-hydroxylation sites is 1. The van der Waals surface area contributed by atoms with Gasteiger partial charge in [0.05, 0.1) is 22.1 Å². The first kappa shape index (κ1) is 23.9. The highest BCUT2D eigenvalue weighted by Crippen LogP contribution is 2.31. The molecule has 0 aliphatic heterocycles. The number of nitrogens with one attached hydrogen (secondary N) is 2. The van der Waals surface area contributed by atoms with E-state index >= 15 is 0 Å². The molecule has 0 aliphatic carbocycles. The predicted molar refractivity (Wildman–Crippen MR) is 151 cm³/mol.